The van der Waals surface area contributed by atoms with Crippen LogP contribution >= 0.6 is 11.6 Å². The van der Waals surface area contributed by atoms with Crippen molar-refractivity contribution in [3.8, 4) is 11.5 Å². The van der Waals surface area contributed by atoms with Crippen LogP contribution in [0.4, 0.5) is 0 Å². The Morgan fingerprint density at radius 2 is 1.73 bits per heavy atom. The van der Waals surface area contributed by atoms with Crippen LogP contribution in [-0.2, 0) is 0 Å². The lowest BCUT2D eigenvalue weighted by molar-refractivity contribution is 0.140. The van der Waals surface area contributed by atoms with E-state index in [9.17, 15) is 5.11 Å². The average Bonchev–Trinajstić information content (AvgIpc) is 2.66. The summed E-state index contributed by atoms with van der Waals surface area (Å²) in [7, 11) is 0. The molecule has 1 N–H and O–H groups in total. The smallest absolute Gasteiger partial charge is 0.161 e. The van der Waals surface area contributed by atoms with Gasteiger partial charge >= 0.3 is 0 Å². The van der Waals surface area contributed by atoms with E-state index < -0.39 is 6.10 Å². The fourth-order valence-corrected chi connectivity index (χ4v) is 2.63. The summed E-state index contributed by atoms with van der Waals surface area (Å²) in [6.07, 6.45) is -0.793. The molecule has 1 aliphatic rings. The molecule has 2 aromatic rings. The van der Waals surface area contributed by atoms with Crippen LogP contribution < -0.4 is 9.47 Å². The first kappa shape index (κ1) is 15.2. The molecule has 0 fully saturated rings. The molecule has 1 heterocycles. The lowest BCUT2D eigenvalue weighted by atomic mass is 9.97. The van der Waals surface area contributed by atoms with Gasteiger partial charge in [0.1, 0.15) is 6.10 Å². The predicted octanol–water partition coefficient (Wildman–Crippen LogP) is 4.22. The maximum absolute atomic E-state index is 10.6. The molecule has 0 unspecified atom stereocenters. The summed E-state index contributed by atoms with van der Waals surface area (Å²) in [6.45, 7) is 5.37. The molecule has 0 saturated carbocycles. The first-order valence-electron chi connectivity index (χ1n) is 7.28. The monoisotopic (exact) mass is 318 g/mol. The Morgan fingerprint density at radius 1 is 1.05 bits per heavy atom. The van der Waals surface area contributed by atoms with Crippen LogP contribution in [0, 0.1) is 5.41 Å². The van der Waals surface area contributed by atoms with E-state index in [4.69, 9.17) is 21.1 Å². The zero-order chi connectivity index (χ0) is 15.7. The first-order valence-corrected chi connectivity index (χ1v) is 7.66. The highest BCUT2D eigenvalue weighted by Crippen LogP contribution is 2.37. The highest BCUT2D eigenvalue weighted by molar-refractivity contribution is 6.31. The lowest BCUT2D eigenvalue weighted by Crippen LogP contribution is -2.26. The van der Waals surface area contributed by atoms with E-state index in [1.165, 1.54) is 0 Å². The molecule has 0 spiro atoms. The van der Waals surface area contributed by atoms with Gasteiger partial charge in [-0.15, -0.1) is 0 Å². The molecule has 2 aromatic carbocycles. The molecule has 3 rings (SSSR count). The third-order valence-electron chi connectivity index (χ3n) is 3.72. The zero-order valence-corrected chi connectivity index (χ0v) is 13.4. The number of aliphatic hydroxyl groups is 1. The third-order valence-corrected chi connectivity index (χ3v) is 4.06. The molecule has 0 aliphatic carbocycles. The summed E-state index contributed by atoms with van der Waals surface area (Å²) in [5.41, 5.74) is 1.37. The van der Waals surface area contributed by atoms with E-state index in [0.717, 1.165) is 5.56 Å². The molecule has 1 aliphatic heterocycles. The van der Waals surface area contributed by atoms with Gasteiger partial charge in [-0.25, -0.2) is 0 Å². The van der Waals surface area contributed by atoms with Gasteiger partial charge < -0.3 is 14.6 Å². The number of ether oxygens (including phenoxy) is 2. The van der Waals surface area contributed by atoms with Gasteiger partial charge in [0.25, 0.3) is 0 Å². The van der Waals surface area contributed by atoms with Crippen molar-refractivity contribution in [2.45, 2.75) is 20.0 Å². The fourth-order valence-electron chi connectivity index (χ4n) is 2.39. The molecule has 3 nitrogen and oxygen atoms in total. The highest BCUT2D eigenvalue weighted by Gasteiger charge is 2.26. The summed E-state index contributed by atoms with van der Waals surface area (Å²) in [4.78, 5) is 0. The summed E-state index contributed by atoms with van der Waals surface area (Å²) in [5.74, 6) is 1.37. The van der Waals surface area contributed by atoms with Gasteiger partial charge in [-0.1, -0.05) is 49.7 Å². The minimum absolute atomic E-state index is 0.0411. The van der Waals surface area contributed by atoms with Crippen LogP contribution in [0.2, 0.25) is 5.02 Å². The van der Waals surface area contributed by atoms with Gasteiger partial charge in [0, 0.05) is 16.0 Å². The number of benzene rings is 2. The molecule has 22 heavy (non-hydrogen) atoms. The van der Waals surface area contributed by atoms with Crippen molar-refractivity contribution < 1.29 is 14.6 Å². The van der Waals surface area contributed by atoms with Gasteiger partial charge in [-0.05, 0) is 23.8 Å². The quantitative estimate of drug-likeness (QED) is 0.901. The predicted molar refractivity (Wildman–Crippen MR) is 86.7 cm³/mol. The van der Waals surface area contributed by atoms with Gasteiger partial charge in [-0.3, -0.25) is 0 Å². The molecule has 4 heteroatoms. The Balaban J connectivity index is 1.91. The Bertz CT molecular complexity index is 682. The fraction of sp³-hybridized carbons (Fsp3) is 0.333. The van der Waals surface area contributed by atoms with Crippen molar-refractivity contribution in [3.05, 3.63) is 58.6 Å². The van der Waals surface area contributed by atoms with Crippen molar-refractivity contribution in [3.63, 3.8) is 0 Å². The lowest BCUT2D eigenvalue weighted by Gasteiger charge is -2.19. The second-order valence-corrected chi connectivity index (χ2v) is 6.78. The van der Waals surface area contributed by atoms with Crippen LogP contribution in [0.5, 0.6) is 11.5 Å². The second kappa shape index (κ2) is 5.82. The molecule has 0 saturated heterocycles. The van der Waals surface area contributed by atoms with Crippen LogP contribution in [0.15, 0.2) is 42.5 Å². The van der Waals surface area contributed by atoms with E-state index in [2.05, 4.69) is 13.8 Å². The normalized spacial score (nSPS) is 17.6. The topological polar surface area (TPSA) is 38.7 Å². The molecule has 0 radical (unpaired) electrons. The highest BCUT2D eigenvalue weighted by atomic mass is 35.5. The van der Waals surface area contributed by atoms with Crippen LogP contribution in [0.1, 0.15) is 31.1 Å². The van der Waals surface area contributed by atoms with Crippen LogP contribution in [0.25, 0.3) is 0 Å². The molecule has 0 aromatic heterocycles. The van der Waals surface area contributed by atoms with E-state index in [1.807, 2.05) is 36.4 Å². The number of hydrogen-bond acceptors (Lipinski definition) is 3. The second-order valence-electron chi connectivity index (χ2n) is 6.37. The van der Waals surface area contributed by atoms with E-state index in [1.54, 1.807) is 6.07 Å². The molecular formula is C18H19ClO3. The van der Waals surface area contributed by atoms with Crippen molar-refractivity contribution >= 4 is 11.6 Å². The van der Waals surface area contributed by atoms with Crippen molar-refractivity contribution in [2.24, 2.45) is 5.41 Å². The molecule has 1 atom stereocenters. The maximum Gasteiger partial charge on any atom is 0.161 e. The summed E-state index contributed by atoms with van der Waals surface area (Å²) < 4.78 is 11.6. The number of halogens is 1. The Labute approximate surface area is 135 Å². The summed E-state index contributed by atoms with van der Waals surface area (Å²) in [6, 6.07) is 12.8. The minimum Gasteiger partial charge on any atom is -0.489 e. The Hall–Kier alpha value is -1.71. The molecular weight excluding hydrogens is 300 g/mol. The minimum atomic E-state index is -0.793. The number of fused-ring (bicyclic) bond motifs is 1. The van der Waals surface area contributed by atoms with Crippen LogP contribution in [0.3, 0.4) is 0 Å². The van der Waals surface area contributed by atoms with E-state index in [0.29, 0.717) is 35.3 Å². The number of aliphatic hydroxyl groups excluding tert-OH is 1. The molecule has 0 amide bonds. The SMILES string of the molecule is CC1(C)COc2ccc([C@H](O)c3ccccc3Cl)cc2OC1. The van der Waals surface area contributed by atoms with E-state index in [-0.39, 0.29) is 5.41 Å². The molecule has 116 valence electrons. The van der Waals surface area contributed by atoms with E-state index >= 15 is 0 Å². The van der Waals surface area contributed by atoms with Gasteiger partial charge in [0.05, 0.1) is 13.2 Å². The van der Waals surface area contributed by atoms with Gasteiger partial charge in [-0.2, -0.15) is 0 Å². The zero-order valence-electron chi connectivity index (χ0n) is 12.7. The van der Waals surface area contributed by atoms with Crippen molar-refractivity contribution in [1.82, 2.24) is 0 Å². The largest absolute Gasteiger partial charge is 0.489 e. The number of rotatable bonds is 2. The average molecular weight is 319 g/mol. The van der Waals surface area contributed by atoms with Gasteiger partial charge in [0.15, 0.2) is 11.5 Å². The first-order chi connectivity index (χ1) is 10.5. The maximum atomic E-state index is 10.6. The molecule has 0 bridgehead atoms. The van der Waals surface area contributed by atoms with Crippen LogP contribution in [-0.4, -0.2) is 18.3 Å². The van der Waals surface area contributed by atoms with Crippen molar-refractivity contribution in [1.29, 1.82) is 0 Å². The standard InChI is InChI=1S/C18H19ClO3/c1-18(2)10-21-15-8-7-12(9-16(15)22-11-18)17(20)13-5-3-4-6-14(13)19/h3-9,17,20H,10-11H2,1-2H3/t17-/m0/s1. The number of hydrogen-bond donors (Lipinski definition) is 1. The van der Waals surface area contributed by atoms with Gasteiger partial charge in [0.2, 0.25) is 0 Å². The van der Waals surface area contributed by atoms with Crippen molar-refractivity contribution in [2.75, 3.05) is 13.2 Å². The Kier molecular flexibility index (Phi) is 4.02. The summed E-state index contributed by atoms with van der Waals surface area (Å²) in [5, 5.41) is 11.1. The summed E-state index contributed by atoms with van der Waals surface area (Å²) >= 11 is 6.16. The Morgan fingerprint density at radius 3 is 2.45 bits per heavy atom. The third kappa shape index (κ3) is 3.06.